The summed E-state index contributed by atoms with van der Waals surface area (Å²) in [5, 5.41) is 0. The van der Waals surface area contributed by atoms with Crippen LogP contribution in [0.1, 0.15) is 55.5 Å². The lowest BCUT2D eigenvalue weighted by atomic mass is 9.87. The van der Waals surface area contributed by atoms with Crippen molar-refractivity contribution in [1.29, 1.82) is 0 Å². The van der Waals surface area contributed by atoms with Gasteiger partial charge in [-0.05, 0) is 49.3 Å². The zero-order valence-electron chi connectivity index (χ0n) is 13.4. The van der Waals surface area contributed by atoms with Gasteiger partial charge in [-0.3, -0.25) is 4.79 Å². The van der Waals surface area contributed by atoms with Crippen LogP contribution in [0.5, 0.6) is 0 Å². The Labute approximate surface area is 128 Å². The third kappa shape index (κ3) is 4.31. The van der Waals surface area contributed by atoms with Gasteiger partial charge in [0.2, 0.25) is 0 Å². The Kier molecular flexibility index (Phi) is 5.40. The molecule has 21 heavy (non-hydrogen) atoms. The molecule has 0 fully saturated rings. The van der Waals surface area contributed by atoms with Crippen LogP contribution >= 0.6 is 0 Å². The van der Waals surface area contributed by atoms with E-state index in [-0.39, 0.29) is 11.3 Å². The van der Waals surface area contributed by atoms with E-state index in [9.17, 15) is 4.79 Å². The average Bonchev–Trinajstić information content (AvgIpc) is 2.64. The Morgan fingerprint density at radius 2 is 2.00 bits per heavy atom. The molecule has 0 unspecified atom stereocenters. The van der Waals surface area contributed by atoms with Crippen LogP contribution in [-0.4, -0.2) is 30.4 Å². The maximum Gasteiger partial charge on any atom is 0.254 e. The highest BCUT2D eigenvalue weighted by Gasteiger charge is 2.22. The summed E-state index contributed by atoms with van der Waals surface area (Å²) in [4.78, 5) is 14.6. The topological polar surface area (TPSA) is 46.3 Å². The second-order valence-electron chi connectivity index (χ2n) is 6.88. The van der Waals surface area contributed by atoms with E-state index >= 15 is 0 Å². The first-order chi connectivity index (χ1) is 10.0. The lowest BCUT2D eigenvalue weighted by molar-refractivity contribution is 0.0757. The van der Waals surface area contributed by atoms with Gasteiger partial charge in [0.15, 0.2) is 0 Å². The highest BCUT2D eigenvalue weighted by Crippen LogP contribution is 2.22. The van der Waals surface area contributed by atoms with Crippen LogP contribution in [-0.2, 0) is 6.42 Å². The van der Waals surface area contributed by atoms with Crippen molar-refractivity contribution < 1.29 is 4.79 Å². The average molecular weight is 288 g/mol. The lowest BCUT2D eigenvalue weighted by Gasteiger charge is -2.24. The first-order valence-corrected chi connectivity index (χ1v) is 8.11. The Bertz CT molecular complexity index is 482. The number of aryl methyl sites for hydroxylation is 1. The molecule has 0 atom stereocenters. The molecule has 0 saturated carbocycles. The number of benzene rings is 1. The highest BCUT2D eigenvalue weighted by atomic mass is 16.2. The van der Waals surface area contributed by atoms with Gasteiger partial charge in [-0.15, -0.1) is 0 Å². The first-order valence-electron chi connectivity index (χ1n) is 8.11. The summed E-state index contributed by atoms with van der Waals surface area (Å²) in [5.74, 6) is 0.209. The molecule has 0 radical (unpaired) electrons. The molecule has 0 aliphatic carbocycles. The Hall–Kier alpha value is -1.35. The van der Waals surface area contributed by atoms with Gasteiger partial charge < -0.3 is 10.6 Å². The van der Waals surface area contributed by atoms with E-state index in [1.54, 1.807) is 0 Å². The normalized spacial score (nSPS) is 15.8. The molecule has 0 bridgehead atoms. The standard InChI is InChI=1S/C18H28N2O/c1-18(2,14-19)11-5-6-12-20-13-7-9-15-8-3-4-10-16(15)17(20)21/h3-4,8,10H,5-7,9,11-14,19H2,1-2H3. The molecule has 0 aromatic heterocycles. The third-order valence-corrected chi connectivity index (χ3v) is 4.49. The summed E-state index contributed by atoms with van der Waals surface area (Å²) in [5.41, 5.74) is 8.08. The number of carbonyl (C=O) groups is 1. The molecule has 116 valence electrons. The van der Waals surface area contributed by atoms with Crippen LogP contribution in [0, 0.1) is 5.41 Å². The second-order valence-corrected chi connectivity index (χ2v) is 6.88. The van der Waals surface area contributed by atoms with Crippen molar-refractivity contribution in [2.45, 2.75) is 46.0 Å². The van der Waals surface area contributed by atoms with E-state index < -0.39 is 0 Å². The third-order valence-electron chi connectivity index (χ3n) is 4.49. The predicted molar refractivity (Wildman–Crippen MR) is 87.4 cm³/mol. The summed E-state index contributed by atoms with van der Waals surface area (Å²) in [6.45, 7) is 6.89. The molecule has 3 heteroatoms. The van der Waals surface area contributed by atoms with Crippen molar-refractivity contribution in [2.75, 3.05) is 19.6 Å². The zero-order valence-corrected chi connectivity index (χ0v) is 13.4. The second kappa shape index (κ2) is 7.08. The molecule has 0 spiro atoms. The summed E-state index contributed by atoms with van der Waals surface area (Å²) in [7, 11) is 0. The SMILES string of the molecule is CC(C)(CN)CCCCN1CCCc2ccccc2C1=O. The fraction of sp³-hybridized carbons (Fsp3) is 0.611. The molecular formula is C18H28N2O. The van der Waals surface area contributed by atoms with Crippen molar-refractivity contribution in [1.82, 2.24) is 4.90 Å². The lowest BCUT2D eigenvalue weighted by Crippen LogP contribution is -2.32. The van der Waals surface area contributed by atoms with Crippen molar-refractivity contribution in [2.24, 2.45) is 11.1 Å². The summed E-state index contributed by atoms with van der Waals surface area (Å²) in [6.07, 6.45) is 5.41. The van der Waals surface area contributed by atoms with Gasteiger partial charge in [0.25, 0.3) is 5.91 Å². The summed E-state index contributed by atoms with van der Waals surface area (Å²) in [6, 6.07) is 8.04. The molecule has 1 aromatic rings. The Morgan fingerprint density at radius 3 is 2.76 bits per heavy atom. The van der Waals surface area contributed by atoms with E-state index in [4.69, 9.17) is 5.73 Å². The number of carbonyl (C=O) groups excluding carboxylic acids is 1. The Balaban J connectivity index is 1.88. The van der Waals surface area contributed by atoms with Crippen LogP contribution in [0.25, 0.3) is 0 Å². The van der Waals surface area contributed by atoms with Gasteiger partial charge in [-0.2, -0.15) is 0 Å². The van der Waals surface area contributed by atoms with E-state index in [1.165, 1.54) is 5.56 Å². The monoisotopic (exact) mass is 288 g/mol. The van der Waals surface area contributed by atoms with Gasteiger partial charge >= 0.3 is 0 Å². The molecule has 3 nitrogen and oxygen atoms in total. The van der Waals surface area contributed by atoms with Gasteiger partial charge in [0, 0.05) is 18.7 Å². The van der Waals surface area contributed by atoms with Crippen molar-refractivity contribution in [3.63, 3.8) is 0 Å². The molecule has 1 amide bonds. The predicted octanol–water partition coefficient (Wildman–Crippen LogP) is 3.23. The highest BCUT2D eigenvalue weighted by molar-refractivity contribution is 5.96. The number of rotatable bonds is 6. The molecular weight excluding hydrogens is 260 g/mol. The fourth-order valence-electron chi connectivity index (χ4n) is 2.90. The number of amides is 1. The smallest absolute Gasteiger partial charge is 0.254 e. The number of hydrogen-bond acceptors (Lipinski definition) is 2. The van der Waals surface area contributed by atoms with Crippen molar-refractivity contribution in [3.8, 4) is 0 Å². The molecule has 1 aliphatic heterocycles. The maximum absolute atomic E-state index is 12.6. The fourth-order valence-corrected chi connectivity index (χ4v) is 2.90. The van der Waals surface area contributed by atoms with Crippen LogP contribution < -0.4 is 5.73 Å². The number of nitrogens with zero attached hydrogens (tertiary/aromatic N) is 1. The molecule has 0 saturated heterocycles. The number of unbranched alkanes of at least 4 members (excludes halogenated alkanes) is 1. The van der Waals surface area contributed by atoms with Gasteiger partial charge in [-0.1, -0.05) is 38.5 Å². The minimum absolute atomic E-state index is 0.209. The van der Waals surface area contributed by atoms with Crippen LogP contribution in [0.15, 0.2) is 24.3 Å². The number of nitrogens with two attached hydrogens (primary N) is 1. The zero-order chi connectivity index (χ0) is 15.3. The van der Waals surface area contributed by atoms with Crippen LogP contribution in [0.2, 0.25) is 0 Å². The van der Waals surface area contributed by atoms with Gasteiger partial charge in [-0.25, -0.2) is 0 Å². The molecule has 2 rings (SSSR count). The summed E-state index contributed by atoms with van der Waals surface area (Å²) < 4.78 is 0. The van der Waals surface area contributed by atoms with E-state index in [1.807, 2.05) is 23.1 Å². The molecule has 1 aromatic carbocycles. The van der Waals surface area contributed by atoms with Gasteiger partial charge in [0.05, 0.1) is 0 Å². The Morgan fingerprint density at radius 1 is 1.24 bits per heavy atom. The van der Waals surface area contributed by atoms with Crippen LogP contribution in [0.3, 0.4) is 0 Å². The molecule has 1 heterocycles. The van der Waals surface area contributed by atoms with E-state index in [0.717, 1.165) is 57.3 Å². The first kappa shape index (κ1) is 16.0. The van der Waals surface area contributed by atoms with E-state index in [2.05, 4.69) is 19.9 Å². The maximum atomic E-state index is 12.6. The van der Waals surface area contributed by atoms with Crippen LogP contribution in [0.4, 0.5) is 0 Å². The van der Waals surface area contributed by atoms with Crippen molar-refractivity contribution in [3.05, 3.63) is 35.4 Å². The summed E-state index contributed by atoms with van der Waals surface area (Å²) >= 11 is 0. The molecule has 2 N–H and O–H groups in total. The van der Waals surface area contributed by atoms with E-state index in [0.29, 0.717) is 0 Å². The number of fused-ring (bicyclic) bond motifs is 1. The minimum Gasteiger partial charge on any atom is -0.339 e. The quantitative estimate of drug-likeness (QED) is 0.817. The number of hydrogen-bond donors (Lipinski definition) is 1. The van der Waals surface area contributed by atoms with Crippen molar-refractivity contribution >= 4 is 5.91 Å². The molecule has 1 aliphatic rings. The largest absolute Gasteiger partial charge is 0.339 e. The minimum atomic E-state index is 0.209. The van der Waals surface area contributed by atoms with Gasteiger partial charge in [0.1, 0.15) is 0 Å².